The van der Waals surface area contributed by atoms with Crippen LogP contribution in [0.3, 0.4) is 0 Å². The van der Waals surface area contributed by atoms with Crippen LogP contribution < -0.4 is 0 Å². The molecule has 0 N–H and O–H groups in total. The number of nitriles is 1. The first-order chi connectivity index (χ1) is 5.86. The van der Waals surface area contributed by atoms with Crippen LogP contribution in [0.1, 0.15) is 18.9 Å². The summed E-state index contributed by atoms with van der Waals surface area (Å²) in [6, 6.07) is 12.5. The molecule has 0 saturated carbocycles. The van der Waals surface area contributed by atoms with E-state index in [0.717, 1.165) is 12.8 Å². The van der Waals surface area contributed by atoms with Crippen LogP contribution in [0, 0.1) is 17.2 Å². The van der Waals surface area contributed by atoms with Crippen LogP contribution in [0.15, 0.2) is 30.3 Å². The van der Waals surface area contributed by atoms with Gasteiger partial charge in [-0.2, -0.15) is 5.26 Å². The molecule has 0 aliphatic carbocycles. The van der Waals surface area contributed by atoms with E-state index in [1.165, 1.54) is 5.56 Å². The molecule has 0 aliphatic heterocycles. The Morgan fingerprint density at radius 1 is 1.33 bits per heavy atom. The zero-order valence-corrected chi connectivity index (χ0v) is 7.33. The van der Waals surface area contributed by atoms with Gasteiger partial charge in [-0.25, -0.2) is 0 Å². The van der Waals surface area contributed by atoms with Crippen molar-refractivity contribution < 1.29 is 0 Å². The summed E-state index contributed by atoms with van der Waals surface area (Å²) in [5.74, 6) is 0.174. The lowest BCUT2D eigenvalue weighted by Crippen LogP contribution is -1.99. The molecule has 1 nitrogen and oxygen atoms in total. The van der Waals surface area contributed by atoms with Crippen LogP contribution >= 0.6 is 0 Å². The van der Waals surface area contributed by atoms with Gasteiger partial charge < -0.3 is 0 Å². The Hall–Kier alpha value is -1.29. The molecule has 0 fully saturated rings. The molecule has 1 unspecified atom stereocenters. The fourth-order valence-corrected chi connectivity index (χ4v) is 1.18. The topological polar surface area (TPSA) is 23.8 Å². The van der Waals surface area contributed by atoms with Gasteiger partial charge in [0, 0.05) is 0 Å². The lowest BCUT2D eigenvalue weighted by atomic mass is 9.99. The minimum absolute atomic E-state index is 0.174. The smallest absolute Gasteiger partial charge is 0.0659 e. The summed E-state index contributed by atoms with van der Waals surface area (Å²) in [5.41, 5.74) is 1.26. The second-order valence-electron chi connectivity index (χ2n) is 2.92. The van der Waals surface area contributed by atoms with E-state index in [-0.39, 0.29) is 5.92 Å². The molecular formula is C11H13N. The molecule has 0 aromatic heterocycles. The molecule has 0 heterocycles. The van der Waals surface area contributed by atoms with E-state index in [4.69, 9.17) is 5.26 Å². The quantitative estimate of drug-likeness (QED) is 0.665. The van der Waals surface area contributed by atoms with E-state index in [9.17, 15) is 0 Å². The van der Waals surface area contributed by atoms with Gasteiger partial charge in [0.15, 0.2) is 0 Å². The van der Waals surface area contributed by atoms with Gasteiger partial charge in [-0.15, -0.1) is 0 Å². The third-order valence-electron chi connectivity index (χ3n) is 2.00. The molecule has 0 spiro atoms. The largest absolute Gasteiger partial charge is 0.198 e. The molecule has 0 amide bonds. The number of hydrogen-bond acceptors (Lipinski definition) is 1. The summed E-state index contributed by atoms with van der Waals surface area (Å²) in [5, 5.41) is 8.74. The van der Waals surface area contributed by atoms with E-state index in [2.05, 4.69) is 25.1 Å². The van der Waals surface area contributed by atoms with Gasteiger partial charge in [-0.1, -0.05) is 37.3 Å². The average Bonchev–Trinajstić information content (AvgIpc) is 2.16. The van der Waals surface area contributed by atoms with Crippen LogP contribution in [0.25, 0.3) is 0 Å². The maximum atomic E-state index is 8.74. The van der Waals surface area contributed by atoms with Crippen LogP contribution in [0.4, 0.5) is 0 Å². The fraction of sp³-hybridized carbons (Fsp3) is 0.364. The molecule has 1 heteroatoms. The highest BCUT2D eigenvalue weighted by molar-refractivity contribution is 5.16. The van der Waals surface area contributed by atoms with Gasteiger partial charge in [0.05, 0.1) is 12.0 Å². The van der Waals surface area contributed by atoms with Gasteiger partial charge in [0.2, 0.25) is 0 Å². The van der Waals surface area contributed by atoms with Crippen LogP contribution in [-0.2, 0) is 6.42 Å². The molecule has 1 rings (SSSR count). The van der Waals surface area contributed by atoms with Crippen LogP contribution in [0.5, 0.6) is 0 Å². The predicted octanol–water partition coefficient (Wildman–Crippen LogP) is 2.78. The Morgan fingerprint density at radius 2 is 2.00 bits per heavy atom. The van der Waals surface area contributed by atoms with Crippen molar-refractivity contribution in [3.05, 3.63) is 35.9 Å². The molecule has 0 aliphatic rings. The molecule has 0 bridgehead atoms. The van der Waals surface area contributed by atoms with Crippen molar-refractivity contribution >= 4 is 0 Å². The summed E-state index contributed by atoms with van der Waals surface area (Å²) < 4.78 is 0. The zero-order chi connectivity index (χ0) is 8.81. The first-order valence-corrected chi connectivity index (χ1v) is 4.30. The van der Waals surface area contributed by atoms with Crippen molar-refractivity contribution in [1.82, 2.24) is 0 Å². The normalized spacial score (nSPS) is 12.0. The molecule has 1 aromatic rings. The zero-order valence-electron chi connectivity index (χ0n) is 7.33. The van der Waals surface area contributed by atoms with E-state index in [0.29, 0.717) is 0 Å². The molecular weight excluding hydrogens is 146 g/mol. The predicted molar refractivity (Wildman–Crippen MR) is 49.5 cm³/mol. The van der Waals surface area contributed by atoms with Gasteiger partial charge in [-0.3, -0.25) is 0 Å². The van der Waals surface area contributed by atoms with E-state index in [1.807, 2.05) is 18.2 Å². The number of benzene rings is 1. The van der Waals surface area contributed by atoms with E-state index in [1.54, 1.807) is 0 Å². The highest BCUT2D eigenvalue weighted by Gasteiger charge is 2.04. The maximum Gasteiger partial charge on any atom is 0.0659 e. The van der Waals surface area contributed by atoms with Gasteiger partial charge >= 0.3 is 0 Å². The van der Waals surface area contributed by atoms with Crippen molar-refractivity contribution in [2.75, 3.05) is 0 Å². The number of nitrogens with zero attached hydrogens (tertiary/aromatic N) is 1. The minimum atomic E-state index is 0.174. The summed E-state index contributed by atoms with van der Waals surface area (Å²) >= 11 is 0. The van der Waals surface area contributed by atoms with Crippen molar-refractivity contribution in [1.29, 1.82) is 5.26 Å². The summed E-state index contributed by atoms with van der Waals surface area (Å²) in [4.78, 5) is 0. The molecule has 62 valence electrons. The molecule has 1 aromatic carbocycles. The lowest BCUT2D eigenvalue weighted by molar-refractivity contribution is 0.638. The highest BCUT2D eigenvalue weighted by Crippen LogP contribution is 2.10. The third-order valence-corrected chi connectivity index (χ3v) is 2.00. The molecule has 1 atom stereocenters. The van der Waals surface area contributed by atoms with Crippen molar-refractivity contribution in [3.63, 3.8) is 0 Å². The van der Waals surface area contributed by atoms with Crippen molar-refractivity contribution in [2.45, 2.75) is 19.8 Å². The minimum Gasteiger partial charge on any atom is -0.198 e. The average molecular weight is 159 g/mol. The Labute approximate surface area is 73.6 Å². The fourth-order valence-electron chi connectivity index (χ4n) is 1.18. The number of hydrogen-bond donors (Lipinski definition) is 0. The van der Waals surface area contributed by atoms with Gasteiger partial charge in [0.1, 0.15) is 0 Å². The van der Waals surface area contributed by atoms with Crippen molar-refractivity contribution in [3.8, 4) is 6.07 Å². The summed E-state index contributed by atoms with van der Waals surface area (Å²) in [7, 11) is 0. The Morgan fingerprint density at radius 3 is 2.50 bits per heavy atom. The summed E-state index contributed by atoms with van der Waals surface area (Å²) in [6.07, 6.45) is 1.82. The summed E-state index contributed by atoms with van der Waals surface area (Å²) in [6.45, 7) is 2.05. The second-order valence-corrected chi connectivity index (χ2v) is 2.92. The monoisotopic (exact) mass is 159 g/mol. The third kappa shape index (κ3) is 2.39. The van der Waals surface area contributed by atoms with E-state index >= 15 is 0 Å². The highest BCUT2D eigenvalue weighted by atomic mass is 14.3. The lowest BCUT2D eigenvalue weighted by Gasteiger charge is -2.04. The first kappa shape index (κ1) is 8.80. The Kier molecular flexibility index (Phi) is 3.35. The SMILES string of the molecule is CCC(C#N)Cc1ccccc1. The van der Waals surface area contributed by atoms with Gasteiger partial charge in [-0.05, 0) is 18.4 Å². The molecule has 0 radical (unpaired) electrons. The van der Waals surface area contributed by atoms with Crippen molar-refractivity contribution in [2.24, 2.45) is 5.92 Å². The molecule has 12 heavy (non-hydrogen) atoms. The standard InChI is InChI=1S/C11H13N/c1-2-10(9-12)8-11-6-4-3-5-7-11/h3-7,10H,2,8H2,1H3. The van der Waals surface area contributed by atoms with Crippen LogP contribution in [0.2, 0.25) is 0 Å². The second kappa shape index (κ2) is 4.56. The van der Waals surface area contributed by atoms with Crippen LogP contribution in [-0.4, -0.2) is 0 Å². The van der Waals surface area contributed by atoms with Gasteiger partial charge in [0.25, 0.3) is 0 Å². The number of rotatable bonds is 3. The first-order valence-electron chi connectivity index (χ1n) is 4.30. The maximum absolute atomic E-state index is 8.74. The van der Waals surface area contributed by atoms with E-state index < -0.39 is 0 Å². The Balaban J connectivity index is 2.58. The molecule has 0 saturated heterocycles. The Bertz CT molecular complexity index is 258.